The van der Waals surface area contributed by atoms with Crippen molar-refractivity contribution in [2.75, 3.05) is 13.3 Å². The quantitative estimate of drug-likeness (QED) is 0.533. The van der Waals surface area contributed by atoms with Crippen molar-refractivity contribution in [3.8, 4) is 0 Å². The molecule has 0 heterocycles. The van der Waals surface area contributed by atoms with E-state index in [1.54, 1.807) is 11.8 Å². The summed E-state index contributed by atoms with van der Waals surface area (Å²) in [6.07, 6.45) is 8.72. The van der Waals surface area contributed by atoms with Crippen LogP contribution in [0.2, 0.25) is 0 Å². The molecule has 1 aromatic rings. The highest BCUT2D eigenvalue weighted by Crippen LogP contribution is 2.22. The molecule has 1 nitrogen and oxygen atoms in total. The maximum Gasteiger partial charge on any atom is 0.0317 e. The van der Waals surface area contributed by atoms with Crippen molar-refractivity contribution in [1.82, 2.24) is 5.32 Å². The van der Waals surface area contributed by atoms with Gasteiger partial charge in [-0.25, -0.2) is 0 Å². The number of unbranched alkanes of at least 4 members (excludes halogenated alkanes) is 3. The van der Waals surface area contributed by atoms with Crippen LogP contribution >= 0.6 is 11.8 Å². The Balaban J connectivity index is 2.47. The van der Waals surface area contributed by atoms with Gasteiger partial charge in [-0.2, -0.15) is 0 Å². The van der Waals surface area contributed by atoms with Crippen molar-refractivity contribution in [1.29, 1.82) is 0 Å². The highest BCUT2D eigenvalue weighted by molar-refractivity contribution is 7.98. The molecule has 96 valence electrons. The summed E-state index contributed by atoms with van der Waals surface area (Å²) < 4.78 is 0. The molecule has 17 heavy (non-hydrogen) atoms. The number of benzene rings is 1. The Morgan fingerprint density at radius 2 is 1.82 bits per heavy atom. The molecule has 0 saturated carbocycles. The lowest BCUT2D eigenvalue weighted by Crippen LogP contribution is -2.16. The Labute approximate surface area is 110 Å². The van der Waals surface area contributed by atoms with E-state index in [4.69, 9.17) is 0 Å². The third-order valence-electron chi connectivity index (χ3n) is 3.21. The first kappa shape index (κ1) is 14.6. The Hall–Kier alpha value is -0.470. The van der Waals surface area contributed by atoms with Gasteiger partial charge in [0.2, 0.25) is 0 Å². The number of hydrogen-bond acceptors (Lipinski definition) is 2. The monoisotopic (exact) mass is 251 g/mol. The minimum atomic E-state index is 0.516. The highest BCUT2D eigenvalue weighted by atomic mass is 32.2. The standard InChI is InChI=1S/C15H25NS/c1-4-5-6-7-8-15(16-2)13-9-11-14(17-3)12-10-13/h9-12,15-16H,4-8H2,1-3H3. The average Bonchev–Trinajstić information content (AvgIpc) is 2.39. The minimum absolute atomic E-state index is 0.516. The fraction of sp³-hybridized carbons (Fsp3) is 0.600. The zero-order valence-corrected chi connectivity index (χ0v) is 12.1. The summed E-state index contributed by atoms with van der Waals surface area (Å²) in [5, 5.41) is 3.43. The van der Waals surface area contributed by atoms with Crippen LogP contribution in [0, 0.1) is 0 Å². The normalized spacial score (nSPS) is 12.6. The second-order valence-corrected chi connectivity index (χ2v) is 5.34. The minimum Gasteiger partial charge on any atom is -0.313 e. The van der Waals surface area contributed by atoms with E-state index in [1.165, 1.54) is 42.6 Å². The fourth-order valence-electron chi connectivity index (χ4n) is 2.09. The van der Waals surface area contributed by atoms with Crippen LogP contribution in [0.15, 0.2) is 29.2 Å². The molecule has 0 aromatic heterocycles. The molecule has 0 radical (unpaired) electrons. The van der Waals surface area contributed by atoms with Gasteiger partial charge in [0.1, 0.15) is 0 Å². The van der Waals surface area contributed by atoms with E-state index in [9.17, 15) is 0 Å². The first-order chi connectivity index (χ1) is 8.31. The largest absolute Gasteiger partial charge is 0.313 e. The van der Waals surface area contributed by atoms with Gasteiger partial charge in [0.15, 0.2) is 0 Å². The average molecular weight is 251 g/mol. The van der Waals surface area contributed by atoms with Crippen LogP contribution in [0.25, 0.3) is 0 Å². The first-order valence-corrected chi connectivity index (χ1v) is 7.85. The Morgan fingerprint density at radius 3 is 2.35 bits per heavy atom. The van der Waals surface area contributed by atoms with E-state index >= 15 is 0 Å². The predicted molar refractivity (Wildman–Crippen MR) is 78.8 cm³/mol. The summed E-state index contributed by atoms with van der Waals surface area (Å²) in [4.78, 5) is 1.34. The fourth-order valence-corrected chi connectivity index (χ4v) is 2.50. The summed E-state index contributed by atoms with van der Waals surface area (Å²) in [5.74, 6) is 0. The zero-order chi connectivity index (χ0) is 12.5. The first-order valence-electron chi connectivity index (χ1n) is 6.63. The number of hydrogen-bond donors (Lipinski definition) is 1. The van der Waals surface area contributed by atoms with Crippen molar-refractivity contribution < 1.29 is 0 Å². The molecular weight excluding hydrogens is 226 g/mol. The number of rotatable bonds is 8. The van der Waals surface area contributed by atoms with Crippen LogP contribution in [-0.2, 0) is 0 Å². The molecule has 1 unspecified atom stereocenters. The molecule has 0 saturated heterocycles. The second-order valence-electron chi connectivity index (χ2n) is 4.46. The maximum absolute atomic E-state index is 3.43. The van der Waals surface area contributed by atoms with Crippen LogP contribution in [0.4, 0.5) is 0 Å². The van der Waals surface area contributed by atoms with Crippen LogP contribution < -0.4 is 5.32 Å². The lowest BCUT2D eigenvalue weighted by Gasteiger charge is -2.16. The summed E-state index contributed by atoms with van der Waals surface area (Å²) in [6.45, 7) is 2.26. The van der Waals surface area contributed by atoms with E-state index < -0.39 is 0 Å². The van der Waals surface area contributed by atoms with Gasteiger partial charge in [-0.1, -0.05) is 44.7 Å². The summed E-state index contributed by atoms with van der Waals surface area (Å²) in [7, 11) is 2.06. The molecule has 0 aliphatic heterocycles. The Bertz CT molecular complexity index is 294. The van der Waals surface area contributed by atoms with Crippen LogP contribution in [0.3, 0.4) is 0 Å². The summed E-state index contributed by atoms with van der Waals surface area (Å²) >= 11 is 1.80. The van der Waals surface area contributed by atoms with Crippen molar-refractivity contribution in [3.05, 3.63) is 29.8 Å². The molecular formula is C15H25NS. The summed E-state index contributed by atoms with van der Waals surface area (Å²) in [6, 6.07) is 9.47. The van der Waals surface area contributed by atoms with Crippen molar-refractivity contribution >= 4 is 11.8 Å². The van der Waals surface area contributed by atoms with E-state index in [0.717, 1.165) is 0 Å². The smallest absolute Gasteiger partial charge is 0.0317 e. The van der Waals surface area contributed by atoms with Crippen LogP contribution in [0.1, 0.15) is 50.6 Å². The molecule has 0 fully saturated rings. The second kappa shape index (κ2) is 8.60. The molecule has 1 aromatic carbocycles. The molecule has 1 atom stereocenters. The van der Waals surface area contributed by atoms with Gasteiger partial charge in [0, 0.05) is 10.9 Å². The van der Waals surface area contributed by atoms with Crippen LogP contribution in [-0.4, -0.2) is 13.3 Å². The number of nitrogens with one attached hydrogen (secondary N) is 1. The van der Waals surface area contributed by atoms with E-state index in [0.29, 0.717) is 6.04 Å². The van der Waals surface area contributed by atoms with E-state index in [1.807, 2.05) is 0 Å². The van der Waals surface area contributed by atoms with Gasteiger partial charge < -0.3 is 5.32 Å². The molecule has 0 aliphatic rings. The molecule has 0 aliphatic carbocycles. The van der Waals surface area contributed by atoms with Gasteiger partial charge in [-0.05, 0) is 37.4 Å². The van der Waals surface area contributed by atoms with Gasteiger partial charge >= 0.3 is 0 Å². The predicted octanol–water partition coefficient (Wildman–Crippen LogP) is 4.64. The maximum atomic E-state index is 3.43. The van der Waals surface area contributed by atoms with Gasteiger partial charge in [0.05, 0.1) is 0 Å². The lowest BCUT2D eigenvalue weighted by atomic mass is 10.0. The Kier molecular flexibility index (Phi) is 7.38. The number of thioether (sulfide) groups is 1. The highest BCUT2D eigenvalue weighted by Gasteiger charge is 2.08. The molecule has 1 rings (SSSR count). The molecule has 0 amide bonds. The lowest BCUT2D eigenvalue weighted by molar-refractivity contribution is 0.505. The third kappa shape index (κ3) is 5.13. The van der Waals surface area contributed by atoms with E-state index in [2.05, 4.69) is 49.8 Å². The van der Waals surface area contributed by atoms with Crippen molar-refractivity contribution in [2.45, 2.75) is 50.0 Å². The SMILES string of the molecule is CCCCCCC(NC)c1ccc(SC)cc1. The van der Waals surface area contributed by atoms with Gasteiger partial charge in [-0.3, -0.25) is 0 Å². The topological polar surface area (TPSA) is 12.0 Å². The Morgan fingerprint density at radius 1 is 1.12 bits per heavy atom. The van der Waals surface area contributed by atoms with Crippen molar-refractivity contribution in [2.24, 2.45) is 0 Å². The van der Waals surface area contributed by atoms with Crippen LogP contribution in [0.5, 0.6) is 0 Å². The molecule has 2 heteroatoms. The zero-order valence-electron chi connectivity index (χ0n) is 11.3. The van der Waals surface area contributed by atoms with Gasteiger partial charge in [0.25, 0.3) is 0 Å². The third-order valence-corrected chi connectivity index (χ3v) is 3.96. The summed E-state index contributed by atoms with van der Waals surface area (Å²) in [5.41, 5.74) is 1.42. The molecule has 1 N–H and O–H groups in total. The molecule has 0 spiro atoms. The van der Waals surface area contributed by atoms with Crippen molar-refractivity contribution in [3.63, 3.8) is 0 Å². The van der Waals surface area contributed by atoms with Gasteiger partial charge in [-0.15, -0.1) is 11.8 Å². The molecule has 0 bridgehead atoms. The van der Waals surface area contributed by atoms with E-state index in [-0.39, 0.29) is 0 Å².